The lowest BCUT2D eigenvalue weighted by molar-refractivity contribution is -0.131. The highest BCUT2D eigenvalue weighted by atomic mass is 32.2. The van der Waals surface area contributed by atoms with Crippen LogP contribution >= 0.6 is 11.8 Å². The molecule has 0 saturated carbocycles. The number of hydrogen-bond acceptors (Lipinski definition) is 2. The van der Waals surface area contributed by atoms with Crippen molar-refractivity contribution in [2.24, 2.45) is 0 Å². The van der Waals surface area contributed by atoms with E-state index in [1.807, 2.05) is 60.7 Å². The molecule has 0 spiro atoms. The first-order valence-electron chi connectivity index (χ1n) is 9.67. The van der Waals surface area contributed by atoms with Crippen LogP contribution in [0.2, 0.25) is 0 Å². The molecule has 0 aromatic heterocycles. The molecule has 0 fully saturated rings. The van der Waals surface area contributed by atoms with Crippen LogP contribution in [0.3, 0.4) is 0 Å². The summed E-state index contributed by atoms with van der Waals surface area (Å²) >= 11 is 1.37. The first-order valence-corrected chi connectivity index (χ1v) is 10.7. The predicted octanol–water partition coefficient (Wildman–Crippen LogP) is 6.76. The maximum Gasteiger partial charge on any atom is 0.342 e. The summed E-state index contributed by atoms with van der Waals surface area (Å²) in [4.78, 5) is 12.6. The van der Waals surface area contributed by atoms with Crippen LogP contribution in [-0.4, -0.2) is 11.1 Å². The minimum Gasteiger partial charge on any atom is -0.477 e. The average molecular weight is 403 g/mol. The highest BCUT2D eigenvalue weighted by Crippen LogP contribution is 2.35. The van der Waals surface area contributed by atoms with E-state index in [1.54, 1.807) is 0 Å². The molecule has 3 heteroatoms. The molecular formula is C26H26O2S. The summed E-state index contributed by atoms with van der Waals surface area (Å²) < 4.78 is 0. The lowest BCUT2D eigenvalue weighted by Gasteiger charge is -2.19. The van der Waals surface area contributed by atoms with Gasteiger partial charge in [-0.05, 0) is 27.7 Å². The molecule has 0 aliphatic carbocycles. The molecule has 0 atom stereocenters. The van der Waals surface area contributed by atoms with Crippen LogP contribution in [0.1, 0.15) is 43.0 Å². The summed E-state index contributed by atoms with van der Waals surface area (Å²) in [5.41, 5.74) is 5.07. The van der Waals surface area contributed by atoms with Crippen molar-refractivity contribution in [3.05, 3.63) is 112 Å². The van der Waals surface area contributed by atoms with Gasteiger partial charge in [-0.1, -0.05) is 106 Å². The summed E-state index contributed by atoms with van der Waals surface area (Å²) in [5, 5.41) is 10.0. The van der Waals surface area contributed by atoms with Crippen molar-refractivity contribution >= 4 is 23.3 Å². The normalized spacial score (nSPS) is 11.1. The van der Waals surface area contributed by atoms with Gasteiger partial charge in [-0.3, -0.25) is 0 Å². The molecule has 29 heavy (non-hydrogen) atoms. The monoisotopic (exact) mass is 402 g/mol. The Morgan fingerprint density at radius 2 is 1.28 bits per heavy atom. The first-order chi connectivity index (χ1) is 13.9. The Kier molecular flexibility index (Phi) is 6.60. The van der Waals surface area contributed by atoms with E-state index >= 15 is 0 Å². The Morgan fingerprint density at radius 1 is 0.793 bits per heavy atom. The molecule has 0 radical (unpaired) electrons. The van der Waals surface area contributed by atoms with Crippen LogP contribution in [0.5, 0.6) is 0 Å². The van der Waals surface area contributed by atoms with Crippen LogP contribution in [0, 0.1) is 0 Å². The fourth-order valence-electron chi connectivity index (χ4n) is 3.14. The SMILES string of the molecule is CC(C)(C)c1ccc(CSC(C(=O)O)=C(c2ccccc2)c2ccccc2)cc1. The largest absolute Gasteiger partial charge is 0.477 e. The number of carbonyl (C=O) groups is 1. The van der Waals surface area contributed by atoms with Gasteiger partial charge in [0.05, 0.1) is 0 Å². The van der Waals surface area contributed by atoms with Crippen molar-refractivity contribution in [3.63, 3.8) is 0 Å². The number of carboxylic acids is 1. The fraction of sp³-hybridized carbons (Fsp3) is 0.192. The Labute approximate surface area is 177 Å². The van der Waals surface area contributed by atoms with Gasteiger partial charge in [-0.2, -0.15) is 0 Å². The number of hydrogen-bond donors (Lipinski definition) is 1. The molecule has 0 amide bonds. The zero-order chi connectivity index (χ0) is 20.9. The van der Waals surface area contributed by atoms with Crippen molar-refractivity contribution in [2.45, 2.75) is 31.9 Å². The van der Waals surface area contributed by atoms with E-state index in [2.05, 4.69) is 45.0 Å². The highest BCUT2D eigenvalue weighted by molar-refractivity contribution is 8.03. The van der Waals surface area contributed by atoms with Crippen molar-refractivity contribution in [3.8, 4) is 0 Å². The van der Waals surface area contributed by atoms with Crippen LogP contribution in [0.25, 0.3) is 5.57 Å². The van der Waals surface area contributed by atoms with Crippen molar-refractivity contribution in [1.29, 1.82) is 0 Å². The maximum absolute atomic E-state index is 12.2. The average Bonchev–Trinajstić information content (AvgIpc) is 2.72. The van der Waals surface area contributed by atoms with Crippen LogP contribution in [-0.2, 0) is 16.0 Å². The summed E-state index contributed by atoms with van der Waals surface area (Å²) in [6, 6.07) is 27.9. The third kappa shape index (κ3) is 5.39. The number of thioether (sulfide) groups is 1. The number of carboxylic acid groups (broad SMARTS) is 1. The van der Waals surface area contributed by atoms with Gasteiger partial charge in [0, 0.05) is 11.3 Å². The highest BCUT2D eigenvalue weighted by Gasteiger charge is 2.19. The van der Waals surface area contributed by atoms with E-state index in [-0.39, 0.29) is 5.41 Å². The molecular weight excluding hydrogens is 376 g/mol. The minimum atomic E-state index is -0.899. The van der Waals surface area contributed by atoms with Gasteiger partial charge in [-0.25, -0.2) is 4.79 Å². The van der Waals surface area contributed by atoms with Crippen LogP contribution in [0.4, 0.5) is 0 Å². The Hall–Kier alpha value is -2.78. The molecule has 3 aromatic carbocycles. The summed E-state index contributed by atoms with van der Waals surface area (Å²) in [6.07, 6.45) is 0. The van der Waals surface area contributed by atoms with Crippen LogP contribution in [0.15, 0.2) is 89.8 Å². The third-order valence-electron chi connectivity index (χ3n) is 4.75. The van der Waals surface area contributed by atoms with Crippen molar-refractivity contribution in [2.75, 3.05) is 0 Å². The summed E-state index contributed by atoms with van der Waals surface area (Å²) in [6.45, 7) is 6.57. The molecule has 3 aromatic rings. The number of aliphatic carboxylic acids is 1. The zero-order valence-corrected chi connectivity index (χ0v) is 17.9. The number of rotatable bonds is 6. The van der Waals surface area contributed by atoms with E-state index in [9.17, 15) is 9.90 Å². The second-order valence-corrected chi connectivity index (χ2v) is 8.96. The molecule has 0 aliphatic rings. The third-order valence-corrected chi connectivity index (χ3v) is 5.89. The molecule has 0 saturated heterocycles. The van der Waals surface area contributed by atoms with Crippen molar-refractivity contribution in [1.82, 2.24) is 0 Å². The Morgan fingerprint density at radius 3 is 1.69 bits per heavy atom. The molecule has 0 heterocycles. The second-order valence-electron chi connectivity index (χ2n) is 7.98. The smallest absolute Gasteiger partial charge is 0.342 e. The fourth-order valence-corrected chi connectivity index (χ4v) is 4.14. The van der Waals surface area contributed by atoms with Crippen LogP contribution < -0.4 is 0 Å². The quantitative estimate of drug-likeness (QED) is 0.463. The second kappa shape index (κ2) is 9.15. The van der Waals surface area contributed by atoms with E-state index in [4.69, 9.17) is 0 Å². The lowest BCUT2D eigenvalue weighted by Crippen LogP contribution is -2.10. The maximum atomic E-state index is 12.2. The molecule has 3 rings (SSSR count). The van der Waals surface area contributed by atoms with Gasteiger partial charge in [0.1, 0.15) is 4.91 Å². The Balaban J connectivity index is 1.97. The van der Waals surface area contributed by atoms with Gasteiger partial charge >= 0.3 is 5.97 Å². The van der Waals surface area contributed by atoms with Gasteiger partial charge in [-0.15, -0.1) is 11.8 Å². The van der Waals surface area contributed by atoms with Gasteiger partial charge in [0.2, 0.25) is 0 Å². The van der Waals surface area contributed by atoms with Gasteiger partial charge < -0.3 is 5.11 Å². The van der Waals surface area contributed by atoms with E-state index < -0.39 is 5.97 Å². The standard InChI is InChI=1S/C26H26O2S/c1-26(2,3)22-16-14-19(15-17-22)18-29-24(25(27)28)23(20-10-6-4-7-11-20)21-12-8-5-9-13-21/h4-17H,18H2,1-3H3,(H,27,28). The van der Waals surface area contributed by atoms with Crippen molar-refractivity contribution < 1.29 is 9.90 Å². The lowest BCUT2D eigenvalue weighted by atomic mass is 9.87. The molecule has 0 unspecified atom stereocenters. The zero-order valence-electron chi connectivity index (χ0n) is 17.1. The molecule has 0 bridgehead atoms. The Bertz CT molecular complexity index is 941. The van der Waals surface area contributed by atoms with E-state index in [0.29, 0.717) is 10.7 Å². The minimum absolute atomic E-state index is 0.103. The molecule has 148 valence electrons. The summed E-state index contributed by atoms with van der Waals surface area (Å²) in [5.74, 6) is -0.293. The predicted molar refractivity (Wildman–Crippen MR) is 123 cm³/mol. The topological polar surface area (TPSA) is 37.3 Å². The van der Waals surface area contributed by atoms with Gasteiger partial charge in [0.15, 0.2) is 0 Å². The molecule has 0 aliphatic heterocycles. The van der Waals surface area contributed by atoms with Gasteiger partial charge in [0.25, 0.3) is 0 Å². The summed E-state index contributed by atoms with van der Waals surface area (Å²) in [7, 11) is 0. The van der Waals surface area contributed by atoms with E-state index in [1.165, 1.54) is 17.3 Å². The first kappa shape index (κ1) is 20.9. The number of benzene rings is 3. The molecule has 2 nitrogen and oxygen atoms in total. The molecule has 1 N–H and O–H groups in total. The van der Waals surface area contributed by atoms with E-state index in [0.717, 1.165) is 22.3 Å².